The predicted molar refractivity (Wildman–Crippen MR) is 131 cm³/mol. The number of amides is 3. The highest BCUT2D eigenvalue weighted by Crippen LogP contribution is 2.25. The zero-order valence-corrected chi connectivity index (χ0v) is 20.0. The first-order valence-corrected chi connectivity index (χ1v) is 11.8. The number of carbonyl (C=O) groups is 2. The summed E-state index contributed by atoms with van der Waals surface area (Å²) in [4.78, 5) is 38.1. The monoisotopic (exact) mass is 464 g/mol. The van der Waals surface area contributed by atoms with Crippen molar-refractivity contribution in [2.24, 2.45) is 4.99 Å². The number of ether oxygens (including phenoxy) is 1. The van der Waals surface area contributed by atoms with Gasteiger partial charge in [-0.15, -0.1) is 0 Å². The van der Waals surface area contributed by atoms with Crippen molar-refractivity contribution < 1.29 is 14.3 Å². The normalized spacial score (nSPS) is 19.6. The minimum Gasteiger partial charge on any atom is -0.497 e. The van der Waals surface area contributed by atoms with Crippen LogP contribution in [0.4, 0.5) is 10.6 Å². The number of imide groups is 1. The number of amidine groups is 1. The third kappa shape index (κ3) is 4.83. The molecule has 0 radical (unpaired) electrons. The van der Waals surface area contributed by atoms with Crippen LogP contribution in [-0.4, -0.2) is 71.5 Å². The van der Waals surface area contributed by atoms with E-state index in [1.54, 1.807) is 18.2 Å². The lowest BCUT2D eigenvalue weighted by molar-refractivity contribution is -0.134. The molecule has 3 heterocycles. The van der Waals surface area contributed by atoms with Gasteiger partial charge in [0.25, 0.3) is 5.91 Å². The Labute approximate surface area is 200 Å². The average Bonchev–Trinajstić information content (AvgIpc) is 3.31. The Hall–Kier alpha value is -3.62. The van der Waals surface area contributed by atoms with E-state index in [4.69, 9.17) is 9.73 Å². The van der Waals surface area contributed by atoms with Crippen LogP contribution in [0.3, 0.4) is 0 Å². The summed E-state index contributed by atoms with van der Waals surface area (Å²) in [6.07, 6.45) is 3.60. The van der Waals surface area contributed by atoms with Crippen molar-refractivity contribution in [3.8, 4) is 5.75 Å². The number of carbonyl (C=O) groups excluding carboxylic acids is 2. The van der Waals surface area contributed by atoms with Crippen molar-refractivity contribution in [1.82, 2.24) is 20.1 Å². The van der Waals surface area contributed by atoms with Gasteiger partial charge in [0.1, 0.15) is 23.4 Å². The van der Waals surface area contributed by atoms with Crippen LogP contribution in [0.2, 0.25) is 0 Å². The van der Waals surface area contributed by atoms with E-state index in [-0.39, 0.29) is 11.9 Å². The molecule has 4 rings (SSSR count). The molecule has 2 atom stereocenters. The molecule has 1 aromatic carbocycles. The average molecular weight is 465 g/mol. The van der Waals surface area contributed by atoms with Gasteiger partial charge in [-0.2, -0.15) is 0 Å². The largest absolute Gasteiger partial charge is 0.497 e. The maximum atomic E-state index is 13.0. The highest BCUT2D eigenvalue weighted by atomic mass is 16.5. The molecule has 9 heteroatoms. The summed E-state index contributed by atoms with van der Waals surface area (Å²) >= 11 is 0. The number of pyridine rings is 1. The molecule has 1 saturated heterocycles. The molecule has 2 N–H and O–H groups in total. The molecular formula is C25H32N6O3. The van der Waals surface area contributed by atoms with E-state index in [0.717, 1.165) is 42.9 Å². The van der Waals surface area contributed by atoms with Gasteiger partial charge in [0.05, 0.1) is 7.11 Å². The summed E-state index contributed by atoms with van der Waals surface area (Å²) in [5, 5.41) is 6.57. The molecule has 0 bridgehead atoms. The number of aromatic nitrogens is 1. The van der Waals surface area contributed by atoms with Crippen LogP contribution in [0, 0.1) is 0 Å². The Morgan fingerprint density at radius 2 is 1.82 bits per heavy atom. The molecule has 2 aromatic rings. The lowest BCUT2D eigenvalue weighted by atomic mass is 10.1. The topological polar surface area (TPSA) is 99.2 Å². The first-order chi connectivity index (χ1) is 16.5. The van der Waals surface area contributed by atoms with E-state index in [1.807, 2.05) is 38.1 Å². The fraction of sp³-hybridized carbons (Fsp3) is 0.440. The smallest absolute Gasteiger partial charge is 0.328 e. The second-order valence-electron chi connectivity index (χ2n) is 8.44. The van der Waals surface area contributed by atoms with Gasteiger partial charge in [-0.3, -0.25) is 14.6 Å². The number of nitrogens with zero attached hydrogens (tertiary/aromatic N) is 4. The molecular weight excluding hydrogens is 432 g/mol. The number of urea groups is 1. The van der Waals surface area contributed by atoms with Crippen molar-refractivity contribution in [2.45, 2.75) is 45.3 Å². The molecule has 2 aliphatic heterocycles. The molecule has 0 saturated carbocycles. The standard InChI is InChI=1S/C25H32N6O3/c1-4-14-30-23-21(24(32)31(15-5-2)25(30)33)28-22(29-23)18-8-11-20(27-16-18)26-13-12-17-6-9-19(34-3)10-7-17/h6-11,16,21,23H,4-5,12-15H2,1-3H3,(H,26,27)(H,28,29). The van der Waals surface area contributed by atoms with E-state index in [9.17, 15) is 9.59 Å². The van der Waals surface area contributed by atoms with E-state index >= 15 is 0 Å². The van der Waals surface area contributed by atoms with E-state index < -0.39 is 12.2 Å². The Morgan fingerprint density at radius 3 is 2.47 bits per heavy atom. The van der Waals surface area contributed by atoms with E-state index in [1.165, 1.54) is 10.5 Å². The summed E-state index contributed by atoms with van der Waals surface area (Å²) in [7, 11) is 1.66. The Balaban J connectivity index is 1.40. The zero-order valence-electron chi connectivity index (χ0n) is 20.0. The van der Waals surface area contributed by atoms with Gasteiger partial charge in [-0.05, 0) is 49.1 Å². The SMILES string of the molecule is CCCN1C(=O)C2NC(c3ccc(NCCc4ccc(OC)cc4)nc3)=NC2N(CCC)C1=O. The lowest BCUT2D eigenvalue weighted by Crippen LogP contribution is -2.65. The van der Waals surface area contributed by atoms with Gasteiger partial charge in [-0.1, -0.05) is 26.0 Å². The third-order valence-electron chi connectivity index (χ3n) is 6.01. The highest BCUT2D eigenvalue weighted by molar-refractivity contribution is 6.08. The van der Waals surface area contributed by atoms with Crippen molar-refractivity contribution in [1.29, 1.82) is 0 Å². The number of aliphatic imine (C=N–C) groups is 1. The Morgan fingerprint density at radius 1 is 1.06 bits per heavy atom. The maximum Gasteiger partial charge on any atom is 0.328 e. The van der Waals surface area contributed by atoms with Gasteiger partial charge in [-0.25, -0.2) is 14.8 Å². The quantitative estimate of drug-likeness (QED) is 0.561. The second-order valence-corrected chi connectivity index (χ2v) is 8.44. The van der Waals surface area contributed by atoms with E-state index in [0.29, 0.717) is 18.9 Å². The summed E-state index contributed by atoms with van der Waals surface area (Å²) in [6, 6.07) is 11.0. The lowest BCUT2D eigenvalue weighted by Gasteiger charge is -2.40. The Kier molecular flexibility index (Phi) is 7.30. The number of benzene rings is 1. The summed E-state index contributed by atoms with van der Waals surface area (Å²) in [6.45, 7) is 5.69. The highest BCUT2D eigenvalue weighted by Gasteiger charge is 2.49. The first-order valence-electron chi connectivity index (χ1n) is 11.8. The molecule has 3 amide bonds. The summed E-state index contributed by atoms with van der Waals surface area (Å²) in [5.74, 6) is 1.99. The maximum absolute atomic E-state index is 13.0. The van der Waals surface area contributed by atoms with Crippen LogP contribution in [-0.2, 0) is 11.2 Å². The van der Waals surface area contributed by atoms with Crippen LogP contribution in [0.15, 0.2) is 47.6 Å². The zero-order chi connectivity index (χ0) is 24.1. The van der Waals surface area contributed by atoms with Crippen LogP contribution in [0.5, 0.6) is 5.75 Å². The molecule has 1 aromatic heterocycles. The van der Waals surface area contributed by atoms with Crippen molar-refractivity contribution in [3.05, 3.63) is 53.7 Å². The van der Waals surface area contributed by atoms with Crippen molar-refractivity contribution in [3.63, 3.8) is 0 Å². The number of fused-ring (bicyclic) bond motifs is 1. The number of hydrogen-bond acceptors (Lipinski definition) is 7. The number of rotatable bonds is 10. The molecule has 34 heavy (non-hydrogen) atoms. The summed E-state index contributed by atoms with van der Waals surface area (Å²) in [5.41, 5.74) is 2.00. The molecule has 9 nitrogen and oxygen atoms in total. The first kappa shape index (κ1) is 23.5. The Bertz CT molecular complexity index is 1040. The molecule has 2 aliphatic rings. The predicted octanol–water partition coefficient (Wildman–Crippen LogP) is 2.87. The fourth-order valence-corrected chi connectivity index (χ4v) is 4.26. The van der Waals surface area contributed by atoms with Gasteiger partial charge >= 0.3 is 6.03 Å². The third-order valence-corrected chi connectivity index (χ3v) is 6.01. The number of anilines is 1. The molecule has 180 valence electrons. The van der Waals surface area contributed by atoms with Crippen LogP contribution in [0.25, 0.3) is 0 Å². The van der Waals surface area contributed by atoms with Gasteiger partial charge in [0.15, 0.2) is 6.17 Å². The van der Waals surface area contributed by atoms with E-state index in [2.05, 4.69) is 27.8 Å². The molecule has 1 fully saturated rings. The fourth-order valence-electron chi connectivity index (χ4n) is 4.26. The number of hydrogen-bond donors (Lipinski definition) is 2. The number of methoxy groups -OCH3 is 1. The van der Waals surface area contributed by atoms with Crippen LogP contribution >= 0.6 is 0 Å². The van der Waals surface area contributed by atoms with Crippen LogP contribution < -0.4 is 15.4 Å². The minimum atomic E-state index is -0.562. The van der Waals surface area contributed by atoms with Gasteiger partial charge < -0.3 is 15.4 Å². The van der Waals surface area contributed by atoms with Crippen molar-refractivity contribution in [2.75, 3.05) is 32.1 Å². The molecule has 0 aliphatic carbocycles. The van der Waals surface area contributed by atoms with Gasteiger partial charge in [0.2, 0.25) is 0 Å². The van der Waals surface area contributed by atoms with Gasteiger partial charge in [0, 0.05) is 31.4 Å². The molecule has 0 spiro atoms. The number of nitrogens with one attached hydrogen (secondary N) is 2. The minimum absolute atomic E-state index is 0.215. The van der Waals surface area contributed by atoms with Crippen LogP contribution in [0.1, 0.15) is 37.8 Å². The second kappa shape index (κ2) is 10.5. The summed E-state index contributed by atoms with van der Waals surface area (Å²) < 4.78 is 5.19. The molecule has 2 unspecified atom stereocenters. The van der Waals surface area contributed by atoms with Crippen molar-refractivity contribution >= 4 is 23.6 Å².